The zero-order valence-electron chi connectivity index (χ0n) is 17.6. The lowest BCUT2D eigenvalue weighted by Gasteiger charge is -2.38. The summed E-state index contributed by atoms with van der Waals surface area (Å²) in [6.07, 6.45) is 1.86. The minimum Gasteiger partial charge on any atom is -0.497 e. The van der Waals surface area contributed by atoms with Crippen molar-refractivity contribution in [2.24, 2.45) is 0 Å². The number of aromatic nitrogens is 4. The number of aliphatic hydroxyl groups is 2. The molecule has 3 aromatic rings. The highest BCUT2D eigenvalue weighted by atomic mass is 16.5. The molecular weight excluding hydrogens is 400 g/mol. The van der Waals surface area contributed by atoms with Crippen LogP contribution >= 0.6 is 0 Å². The Morgan fingerprint density at radius 2 is 2.00 bits per heavy atom. The van der Waals surface area contributed by atoms with Crippen LogP contribution in [0.4, 0.5) is 5.82 Å². The maximum Gasteiger partial charge on any atom is 0.251 e. The highest BCUT2D eigenvalue weighted by molar-refractivity contribution is 5.94. The first-order valence-electron chi connectivity index (χ1n) is 10.1. The van der Waals surface area contributed by atoms with Gasteiger partial charge >= 0.3 is 0 Å². The molecule has 0 aliphatic heterocycles. The van der Waals surface area contributed by atoms with E-state index in [1.54, 1.807) is 35.2 Å². The second-order valence-electron chi connectivity index (χ2n) is 7.85. The van der Waals surface area contributed by atoms with Crippen LogP contribution in [0.3, 0.4) is 0 Å². The highest BCUT2D eigenvalue weighted by Gasteiger charge is 2.40. The summed E-state index contributed by atoms with van der Waals surface area (Å²) in [5.41, 5.74) is 1.65. The number of nitrogens with zero attached hydrogens (tertiary/aromatic N) is 5. The molecule has 1 saturated carbocycles. The van der Waals surface area contributed by atoms with Crippen LogP contribution in [-0.2, 0) is 0 Å². The molecule has 1 aromatic carbocycles. The molecule has 10 nitrogen and oxygen atoms in total. The van der Waals surface area contributed by atoms with Crippen LogP contribution in [0.2, 0.25) is 0 Å². The minimum absolute atomic E-state index is 0.329. The van der Waals surface area contributed by atoms with Crippen molar-refractivity contribution in [2.45, 2.75) is 37.1 Å². The summed E-state index contributed by atoms with van der Waals surface area (Å²) >= 11 is 0. The predicted molar refractivity (Wildman–Crippen MR) is 114 cm³/mol. The van der Waals surface area contributed by atoms with Gasteiger partial charge in [-0.15, -0.1) is 0 Å². The van der Waals surface area contributed by atoms with E-state index in [1.165, 1.54) is 13.4 Å². The molecule has 31 heavy (non-hydrogen) atoms. The summed E-state index contributed by atoms with van der Waals surface area (Å²) in [6, 6.07) is 5.78. The number of rotatable bonds is 5. The van der Waals surface area contributed by atoms with Crippen LogP contribution in [0, 0.1) is 0 Å². The Bertz CT molecular complexity index is 1080. The Labute approximate surface area is 179 Å². The Morgan fingerprint density at radius 3 is 2.74 bits per heavy atom. The second-order valence-corrected chi connectivity index (χ2v) is 7.85. The van der Waals surface area contributed by atoms with Crippen molar-refractivity contribution >= 4 is 22.9 Å². The fourth-order valence-electron chi connectivity index (χ4n) is 4.04. The van der Waals surface area contributed by atoms with Crippen LogP contribution in [0.25, 0.3) is 11.2 Å². The van der Waals surface area contributed by atoms with Gasteiger partial charge < -0.3 is 29.7 Å². The van der Waals surface area contributed by atoms with E-state index in [2.05, 4.69) is 20.3 Å². The molecule has 0 saturated heterocycles. The van der Waals surface area contributed by atoms with Crippen molar-refractivity contribution in [1.29, 1.82) is 0 Å². The molecule has 4 rings (SSSR count). The summed E-state index contributed by atoms with van der Waals surface area (Å²) in [6.45, 7) is 0. The summed E-state index contributed by atoms with van der Waals surface area (Å²) in [7, 11) is 5.27. The van der Waals surface area contributed by atoms with Gasteiger partial charge in [0.2, 0.25) is 0 Å². The van der Waals surface area contributed by atoms with E-state index < -0.39 is 24.3 Å². The minimum atomic E-state index is -1.14. The molecule has 1 aliphatic carbocycles. The number of fused-ring (bicyclic) bond motifs is 1. The molecule has 0 unspecified atom stereocenters. The molecule has 1 amide bonds. The highest BCUT2D eigenvalue weighted by Crippen LogP contribution is 2.32. The number of aliphatic hydroxyl groups excluding tert-OH is 2. The van der Waals surface area contributed by atoms with Crippen molar-refractivity contribution < 1.29 is 19.7 Å². The number of hydrogen-bond donors (Lipinski definition) is 3. The van der Waals surface area contributed by atoms with Crippen molar-refractivity contribution in [1.82, 2.24) is 24.8 Å². The lowest BCUT2D eigenvalue weighted by atomic mass is 9.85. The van der Waals surface area contributed by atoms with Gasteiger partial charge in [-0.1, -0.05) is 6.07 Å². The lowest BCUT2D eigenvalue weighted by molar-refractivity contribution is -0.0552. The van der Waals surface area contributed by atoms with Crippen LogP contribution in [0.1, 0.15) is 29.2 Å². The number of methoxy groups -OCH3 is 1. The van der Waals surface area contributed by atoms with Gasteiger partial charge in [-0.2, -0.15) is 0 Å². The Hall–Kier alpha value is -3.24. The molecule has 1 fully saturated rings. The Morgan fingerprint density at radius 1 is 1.19 bits per heavy atom. The first kappa shape index (κ1) is 21.0. The van der Waals surface area contributed by atoms with Crippen molar-refractivity contribution in [2.75, 3.05) is 26.1 Å². The number of benzene rings is 1. The molecule has 0 bridgehead atoms. The smallest absolute Gasteiger partial charge is 0.251 e. The van der Waals surface area contributed by atoms with Gasteiger partial charge in [0.1, 0.15) is 24.3 Å². The van der Waals surface area contributed by atoms with Gasteiger partial charge in [0, 0.05) is 19.7 Å². The fourth-order valence-corrected chi connectivity index (χ4v) is 4.04. The summed E-state index contributed by atoms with van der Waals surface area (Å²) in [4.78, 5) is 27.5. The second kappa shape index (κ2) is 8.48. The Balaban J connectivity index is 1.51. The SMILES string of the molecule is COc1cccc(C(=O)N[C@@H]2CC[C@@H](n3cnc4c(N(C)C)ncnc43)[C@@H](O)[C@@H]2O)c1. The maximum absolute atomic E-state index is 12.6. The third kappa shape index (κ3) is 3.91. The number of carbonyl (C=O) groups excluding carboxylic acids is 1. The van der Waals surface area contributed by atoms with E-state index in [4.69, 9.17) is 4.74 Å². The molecule has 1 aliphatic rings. The van der Waals surface area contributed by atoms with E-state index in [0.717, 1.165) is 0 Å². The molecule has 2 aromatic heterocycles. The van der Waals surface area contributed by atoms with Gasteiger partial charge in [0.05, 0.1) is 25.5 Å². The molecule has 3 N–H and O–H groups in total. The van der Waals surface area contributed by atoms with Crippen molar-refractivity contribution in [3.63, 3.8) is 0 Å². The number of imidazole rings is 1. The maximum atomic E-state index is 12.6. The van der Waals surface area contributed by atoms with Crippen LogP contribution in [0.5, 0.6) is 5.75 Å². The zero-order chi connectivity index (χ0) is 22.1. The van der Waals surface area contributed by atoms with E-state index >= 15 is 0 Å². The number of amides is 1. The largest absolute Gasteiger partial charge is 0.497 e. The van der Waals surface area contributed by atoms with E-state index in [9.17, 15) is 15.0 Å². The number of hydrogen-bond acceptors (Lipinski definition) is 8. The third-order valence-electron chi connectivity index (χ3n) is 5.70. The number of anilines is 1. The molecule has 164 valence electrons. The molecular formula is C21H26N6O4. The van der Waals surface area contributed by atoms with E-state index in [1.807, 2.05) is 19.0 Å². The quantitative estimate of drug-likeness (QED) is 0.546. The molecule has 4 atom stereocenters. The number of nitrogens with one attached hydrogen (secondary N) is 1. The number of carbonyl (C=O) groups is 1. The fraction of sp³-hybridized carbons (Fsp3) is 0.429. The van der Waals surface area contributed by atoms with Gasteiger partial charge in [-0.25, -0.2) is 15.0 Å². The first-order valence-corrected chi connectivity index (χ1v) is 10.1. The van der Waals surface area contributed by atoms with Crippen LogP contribution < -0.4 is 15.0 Å². The van der Waals surface area contributed by atoms with Gasteiger partial charge in [0.25, 0.3) is 5.91 Å². The first-order chi connectivity index (χ1) is 14.9. The van der Waals surface area contributed by atoms with Crippen molar-refractivity contribution in [3.05, 3.63) is 42.5 Å². The van der Waals surface area contributed by atoms with Gasteiger partial charge in [-0.3, -0.25) is 4.79 Å². The van der Waals surface area contributed by atoms with Crippen LogP contribution in [-0.4, -0.2) is 75.1 Å². The summed E-state index contributed by atoms with van der Waals surface area (Å²) in [5.74, 6) is 0.922. The molecule has 2 heterocycles. The topological polar surface area (TPSA) is 126 Å². The van der Waals surface area contributed by atoms with Crippen LogP contribution in [0.15, 0.2) is 36.9 Å². The summed E-state index contributed by atoms with van der Waals surface area (Å²) < 4.78 is 6.93. The van der Waals surface area contributed by atoms with E-state index in [-0.39, 0.29) is 5.91 Å². The van der Waals surface area contributed by atoms with Gasteiger partial charge in [0.15, 0.2) is 17.0 Å². The zero-order valence-corrected chi connectivity index (χ0v) is 17.6. The van der Waals surface area contributed by atoms with Gasteiger partial charge in [-0.05, 0) is 31.0 Å². The number of ether oxygens (including phenoxy) is 1. The average molecular weight is 426 g/mol. The molecule has 0 spiro atoms. The lowest BCUT2D eigenvalue weighted by Crippen LogP contribution is -2.54. The normalized spacial score (nSPS) is 23.5. The van der Waals surface area contributed by atoms with Crippen molar-refractivity contribution in [3.8, 4) is 5.75 Å². The third-order valence-corrected chi connectivity index (χ3v) is 5.70. The summed E-state index contributed by atoms with van der Waals surface area (Å²) in [5, 5.41) is 24.4. The molecule has 10 heteroatoms. The average Bonchev–Trinajstić information content (AvgIpc) is 3.21. The monoisotopic (exact) mass is 426 g/mol. The Kier molecular flexibility index (Phi) is 5.75. The standard InChI is InChI=1S/C21H26N6O4/c1-26(2)19-16-20(23-10-22-19)27(11-24-16)15-8-7-14(17(28)18(15)29)25-21(30)12-5-4-6-13(9-12)31-3/h4-6,9-11,14-15,17-18,28-29H,7-8H2,1-3H3,(H,25,30)/t14-,15-,17-,18-/m1/s1. The van der Waals surface area contributed by atoms with E-state index in [0.29, 0.717) is 41.1 Å². The predicted octanol–water partition coefficient (Wildman–Crippen LogP) is 0.756. The molecule has 0 radical (unpaired) electrons.